The van der Waals surface area contributed by atoms with Crippen molar-refractivity contribution < 1.29 is 31.1 Å². The van der Waals surface area contributed by atoms with Gasteiger partial charge < -0.3 is 5.32 Å². The van der Waals surface area contributed by atoms with Crippen molar-refractivity contribution in [2.45, 2.75) is 38.5 Å². The summed E-state index contributed by atoms with van der Waals surface area (Å²) in [5.41, 5.74) is -0.721. The summed E-state index contributed by atoms with van der Waals surface area (Å²) in [6.07, 6.45) is -7.17. The molecule has 13 heteroatoms. The second-order valence-corrected chi connectivity index (χ2v) is 11.2. The lowest BCUT2D eigenvalue weighted by atomic mass is 9.85. The summed E-state index contributed by atoms with van der Waals surface area (Å²) in [5, 5.41) is 1.84. The second kappa shape index (κ2) is 12.2. The number of allylic oxidation sites excluding steroid dienone is 1. The Bertz CT molecular complexity index is 1190. The van der Waals surface area contributed by atoms with Crippen molar-refractivity contribution in [1.82, 2.24) is 5.32 Å². The minimum absolute atomic E-state index is 0.0544. The van der Waals surface area contributed by atoms with Gasteiger partial charge in [-0.3, -0.25) is 4.79 Å². The fourth-order valence-corrected chi connectivity index (χ4v) is 4.60. The van der Waals surface area contributed by atoms with Crippen molar-refractivity contribution in [2.24, 2.45) is 5.41 Å². The maximum Gasteiger partial charge on any atom is 0.405 e. The zero-order valence-electron chi connectivity index (χ0n) is 19.1. The van der Waals surface area contributed by atoms with E-state index in [4.69, 9.17) is 47.0 Å². The van der Waals surface area contributed by atoms with E-state index in [1.54, 1.807) is 0 Å². The molecular formula is C24H19BrCl3F6NOS. The molecule has 1 atom stereocenters. The lowest BCUT2D eigenvalue weighted by Crippen LogP contribution is -2.41. The van der Waals surface area contributed by atoms with E-state index in [0.717, 1.165) is 18.2 Å². The molecule has 0 fully saturated rings. The molecule has 1 unspecified atom stereocenters. The Morgan fingerprint density at radius 1 is 1.05 bits per heavy atom. The Morgan fingerprint density at radius 2 is 1.62 bits per heavy atom. The highest BCUT2D eigenvalue weighted by molar-refractivity contribution is 9.10. The third-order valence-electron chi connectivity index (χ3n) is 5.16. The molecule has 2 nitrogen and oxygen atoms in total. The second-order valence-electron chi connectivity index (χ2n) is 8.70. The maximum atomic E-state index is 13.8. The molecule has 0 saturated heterocycles. The number of thiocarbonyl (C=S) groups is 1. The lowest BCUT2D eigenvalue weighted by molar-refractivity contribution is -0.139. The maximum absolute atomic E-state index is 13.8. The van der Waals surface area contributed by atoms with Crippen molar-refractivity contribution in [3.8, 4) is 0 Å². The van der Waals surface area contributed by atoms with Crippen LogP contribution in [0.25, 0.3) is 6.08 Å². The summed E-state index contributed by atoms with van der Waals surface area (Å²) >= 11 is 25.9. The molecule has 0 aliphatic carbocycles. The Morgan fingerprint density at radius 3 is 2.11 bits per heavy atom. The van der Waals surface area contributed by atoms with Crippen molar-refractivity contribution in [3.63, 3.8) is 0 Å². The molecule has 0 bridgehead atoms. The van der Waals surface area contributed by atoms with Gasteiger partial charge in [0, 0.05) is 21.9 Å². The number of halogens is 10. The molecule has 37 heavy (non-hydrogen) atoms. The molecule has 0 aliphatic heterocycles. The van der Waals surface area contributed by atoms with Crippen molar-refractivity contribution in [2.75, 3.05) is 6.54 Å². The zero-order valence-corrected chi connectivity index (χ0v) is 23.8. The number of hydrogen-bond acceptors (Lipinski definition) is 2. The number of carbonyl (C=O) groups is 1. The number of rotatable bonds is 8. The molecule has 0 aliphatic rings. The van der Waals surface area contributed by atoms with Crippen LogP contribution in [0.15, 0.2) is 40.9 Å². The number of ketones is 1. The minimum Gasteiger partial charge on any atom is -0.371 e. The Hall–Kier alpha value is -1.33. The Balaban J connectivity index is 2.24. The van der Waals surface area contributed by atoms with E-state index in [2.05, 4.69) is 21.2 Å². The highest BCUT2D eigenvalue weighted by atomic mass is 79.9. The van der Waals surface area contributed by atoms with Crippen LogP contribution in [0, 0.1) is 5.41 Å². The third-order valence-corrected chi connectivity index (χ3v) is 7.71. The van der Waals surface area contributed by atoms with Crippen LogP contribution in [0.3, 0.4) is 0 Å². The molecule has 1 N–H and O–H groups in total. The first kappa shape index (κ1) is 31.9. The number of carbonyl (C=O) groups excluding carboxylic acids is 1. The van der Waals surface area contributed by atoms with E-state index in [9.17, 15) is 31.1 Å². The molecule has 0 spiro atoms. The van der Waals surface area contributed by atoms with Crippen molar-refractivity contribution in [1.29, 1.82) is 0 Å². The number of alkyl halides is 6. The quantitative estimate of drug-likeness (QED) is 0.131. The van der Waals surface area contributed by atoms with Crippen LogP contribution in [0.2, 0.25) is 15.1 Å². The standard InChI is InChI=1S/C24H19BrCl3F6NOS/c1-22(2,21(37)35-11-23(29,30)31)10-19(36)14-5-3-12(7-16(14)25)4-6-15(24(32,33)34)13-8-17(26)20(28)18(27)9-13/h3-9,15H,10-11H2,1-2H3,(H,35,37)/b6-4+. The summed E-state index contributed by atoms with van der Waals surface area (Å²) in [5.74, 6) is -2.45. The summed E-state index contributed by atoms with van der Waals surface area (Å²) in [6, 6.07) is 6.48. The summed E-state index contributed by atoms with van der Waals surface area (Å²) in [6.45, 7) is 1.75. The van der Waals surface area contributed by atoms with E-state index in [1.165, 1.54) is 38.1 Å². The first-order valence-electron chi connectivity index (χ1n) is 10.4. The molecule has 0 amide bonds. The molecule has 2 aromatic rings. The summed E-state index contributed by atoms with van der Waals surface area (Å²) in [4.78, 5) is 12.7. The molecule has 2 aromatic carbocycles. The highest BCUT2D eigenvalue weighted by Crippen LogP contribution is 2.41. The van der Waals surface area contributed by atoms with Crippen LogP contribution in [0.4, 0.5) is 26.3 Å². The molecule has 0 aromatic heterocycles. The van der Waals surface area contributed by atoms with Gasteiger partial charge in [-0.25, -0.2) is 0 Å². The first-order chi connectivity index (χ1) is 16.8. The van der Waals surface area contributed by atoms with Gasteiger partial charge in [-0.05, 0) is 35.4 Å². The van der Waals surface area contributed by atoms with Crippen molar-refractivity contribution >= 4 is 79.8 Å². The van der Waals surface area contributed by atoms with Crippen LogP contribution >= 0.6 is 63.0 Å². The molecule has 202 valence electrons. The molecule has 2 rings (SSSR count). The monoisotopic (exact) mass is 667 g/mol. The van der Waals surface area contributed by atoms with Gasteiger partial charge in [-0.1, -0.05) is 95.0 Å². The van der Waals surface area contributed by atoms with Gasteiger partial charge in [0.15, 0.2) is 5.78 Å². The van der Waals surface area contributed by atoms with Crippen LogP contribution in [0.5, 0.6) is 0 Å². The lowest BCUT2D eigenvalue weighted by Gasteiger charge is -2.26. The molecule has 0 heterocycles. The van der Waals surface area contributed by atoms with E-state index in [1.807, 2.05) is 0 Å². The number of benzene rings is 2. The van der Waals surface area contributed by atoms with Crippen LogP contribution in [-0.2, 0) is 0 Å². The van der Waals surface area contributed by atoms with Gasteiger partial charge in [0.05, 0.1) is 26.0 Å². The average molecular weight is 670 g/mol. The van der Waals surface area contributed by atoms with Crippen molar-refractivity contribution in [3.05, 3.63) is 72.6 Å². The van der Waals surface area contributed by atoms with E-state index in [0.29, 0.717) is 10.0 Å². The zero-order chi connectivity index (χ0) is 28.3. The predicted octanol–water partition coefficient (Wildman–Crippen LogP) is 9.85. The first-order valence-corrected chi connectivity index (χ1v) is 12.7. The predicted molar refractivity (Wildman–Crippen MR) is 143 cm³/mol. The molecule has 0 saturated carbocycles. The van der Waals surface area contributed by atoms with Gasteiger partial charge >= 0.3 is 12.4 Å². The van der Waals surface area contributed by atoms with E-state index >= 15 is 0 Å². The normalized spacial score (nSPS) is 13.6. The number of Topliss-reactive ketones (excluding diaryl/α,β-unsaturated/α-hetero) is 1. The average Bonchev–Trinajstić information content (AvgIpc) is 2.74. The smallest absolute Gasteiger partial charge is 0.371 e. The van der Waals surface area contributed by atoms with Crippen LogP contribution in [-0.4, -0.2) is 29.7 Å². The van der Waals surface area contributed by atoms with Gasteiger partial charge in [0.2, 0.25) is 0 Å². The largest absolute Gasteiger partial charge is 0.405 e. The van der Waals surface area contributed by atoms with E-state index in [-0.39, 0.29) is 37.6 Å². The Labute approximate surface area is 238 Å². The van der Waals surface area contributed by atoms with Crippen LogP contribution < -0.4 is 5.32 Å². The topological polar surface area (TPSA) is 29.1 Å². The third kappa shape index (κ3) is 9.13. The summed E-state index contributed by atoms with van der Waals surface area (Å²) in [7, 11) is 0. The SMILES string of the molecule is CC(C)(CC(=O)c1ccc(/C=C/C(c2cc(Cl)c(Cl)c(Cl)c2)C(F)(F)F)cc1Br)C(=S)NCC(F)(F)F. The number of nitrogens with one attached hydrogen (secondary N) is 1. The number of hydrogen-bond donors (Lipinski definition) is 1. The molecule has 0 radical (unpaired) electrons. The summed E-state index contributed by atoms with van der Waals surface area (Å²) < 4.78 is 79.0. The van der Waals surface area contributed by atoms with E-state index < -0.39 is 36.0 Å². The Kier molecular flexibility index (Phi) is 10.5. The van der Waals surface area contributed by atoms with Gasteiger partial charge in [-0.15, -0.1) is 0 Å². The highest BCUT2D eigenvalue weighted by Gasteiger charge is 2.39. The fraction of sp³-hybridized carbons (Fsp3) is 0.333. The van der Waals surface area contributed by atoms with Crippen LogP contribution in [0.1, 0.15) is 47.7 Å². The van der Waals surface area contributed by atoms with Gasteiger partial charge in [-0.2, -0.15) is 26.3 Å². The minimum atomic E-state index is -4.66. The molecular weight excluding hydrogens is 651 g/mol. The van der Waals surface area contributed by atoms with Gasteiger partial charge in [0.25, 0.3) is 0 Å². The van der Waals surface area contributed by atoms with Gasteiger partial charge in [0.1, 0.15) is 6.54 Å². The fourth-order valence-electron chi connectivity index (χ4n) is 3.23.